The zero-order valence-corrected chi connectivity index (χ0v) is 12.2. The van der Waals surface area contributed by atoms with Crippen molar-refractivity contribution in [3.05, 3.63) is 65.6 Å². The van der Waals surface area contributed by atoms with E-state index in [9.17, 15) is 14.7 Å². The highest BCUT2D eigenvalue weighted by Gasteiger charge is 2.19. The van der Waals surface area contributed by atoms with Gasteiger partial charge in [0.1, 0.15) is 17.6 Å². The van der Waals surface area contributed by atoms with Gasteiger partial charge in [-0.2, -0.15) is 0 Å². The summed E-state index contributed by atoms with van der Waals surface area (Å²) in [6, 6.07) is 11.7. The quantitative estimate of drug-likeness (QED) is 0.803. The summed E-state index contributed by atoms with van der Waals surface area (Å²) in [7, 11) is 0. The molecule has 0 unspecified atom stereocenters. The van der Waals surface area contributed by atoms with Crippen LogP contribution in [0.3, 0.4) is 0 Å². The highest BCUT2D eigenvalue weighted by Crippen LogP contribution is 2.08. The summed E-state index contributed by atoms with van der Waals surface area (Å²) in [6.45, 7) is 1.80. The largest absolute Gasteiger partial charge is 0.480 e. The molecule has 22 heavy (non-hydrogen) atoms. The van der Waals surface area contributed by atoms with Gasteiger partial charge in [-0.15, -0.1) is 0 Å². The summed E-state index contributed by atoms with van der Waals surface area (Å²) in [6.07, 6.45) is 3.00. The summed E-state index contributed by atoms with van der Waals surface area (Å²) >= 11 is 0. The molecule has 1 aromatic carbocycles. The number of carbonyl (C=O) groups excluding carboxylic acids is 1. The number of amides is 1. The van der Waals surface area contributed by atoms with Crippen LogP contribution in [0.1, 0.15) is 17.1 Å². The van der Waals surface area contributed by atoms with E-state index in [0.717, 1.165) is 11.3 Å². The molecule has 2 rings (SSSR count). The van der Waals surface area contributed by atoms with Gasteiger partial charge in [0.15, 0.2) is 0 Å². The Morgan fingerprint density at radius 1 is 1.23 bits per heavy atom. The third kappa shape index (κ3) is 4.63. The molecule has 1 heterocycles. The summed E-state index contributed by atoms with van der Waals surface area (Å²) in [5, 5.41) is 11.7. The predicted molar refractivity (Wildman–Crippen MR) is 82.2 cm³/mol. The zero-order chi connectivity index (χ0) is 15.9. The fraction of sp³-hybridized carbons (Fsp3) is 0.176. The Balaban J connectivity index is 1.97. The van der Waals surface area contributed by atoms with Gasteiger partial charge in [-0.3, -0.25) is 4.79 Å². The monoisotopic (exact) mass is 299 g/mol. The molecular weight excluding hydrogens is 282 g/mol. The van der Waals surface area contributed by atoms with Gasteiger partial charge in [-0.1, -0.05) is 30.3 Å². The Kier molecular flexibility index (Phi) is 5.14. The normalized spacial score (nSPS) is 12.2. The number of carboxylic acid groups (broad SMARTS) is 1. The second-order valence-electron chi connectivity index (χ2n) is 4.87. The van der Waals surface area contributed by atoms with E-state index in [2.05, 4.69) is 5.32 Å². The van der Waals surface area contributed by atoms with Gasteiger partial charge in [0.2, 0.25) is 5.91 Å². The van der Waals surface area contributed by atoms with Crippen LogP contribution < -0.4 is 5.32 Å². The average Bonchev–Trinajstić information content (AvgIpc) is 2.91. The van der Waals surface area contributed by atoms with Crippen molar-refractivity contribution in [2.45, 2.75) is 19.4 Å². The maximum absolute atomic E-state index is 11.8. The number of furan rings is 1. The Bertz CT molecular complexity index is 673. The minimum Gasteiger partial charge on any atom is -0.480 e. The fourth-order valence-corrected chi connectivity index (χ4v) is 1.97. The lowest BCUT2D eigenvalue weighted by atomic mass is 10.1. The van der Waals surface area contributed by atoms with Crippen LogP contribution in [-0.2, 0) is 16.0 Å². The number of hydrogen-bond acceptors (Lipinski definition) is 3. The van der Waals surface area contributed by atoms with Gasteiger partial charge < -0.3 is 14.8 Å². The van der Waals surface area contributed by atoms with E-state index in [1.165, 1.54) is 12.2 Å². The first kappa shape index (κ1) is 15.6. The molecule has 1 amide bonds. The second kappa shape index (κ2) is 7.26. The van der Waals surface area contributed by atoms with E-state index >= 15 is 0 Å². The zero-order valence-electron chi connectivity index (χ0n) is 12.2. The molecule has 0 radical (unpaired) electrons. The predicted octanol–water partition coefficient (Wildman–Crippen LogP) is 2.41. The van der Waals surface area contributed by atoms with Crippen LogP contribution in [0.5, 0.6) is 0 Å². The first-order valence-electron chi connectivity index (χ1n) is 6.86. The molecule has 0 fully saturated rings. The minimum absolute atomic E-state index is 0.232. The van der Waals surface area contributed by atoms with Crippen molar-refractivity contribution in [2.75, 3.05) is 0 Å². The molecule has 1 atom stereocenters. The number of hydrogen-bond donors (Lipinski definition) is 2. The fourth-order valence-electron chi connectivity index (χ4n) is 1.97. The lowest BCUT2D eigenvalue weighted by Crippen LogP contribution is -2.41. The number of nitrogens with one attached hydrogen (secondary N) is 1. The molecule has 0 aliphatic carbocycles. The van der Waals surface area contributed by atoms with Crippen molar-refractivity contribution in [2.24, 2.45) is 0 Å². The lowest BCUT2D eigenvalue weighted by Gasteiger charge is -2.13. The van der Waals surface area contributed by atoms with Crippen molar-refractivity contribution in [3.8, 4) is 0 Å². The first-order chi connectivity index (χ1) is 10.5. The molecule has 0 saturated carbocycles. The number of rotatable bonds is 6. The third-order valence-corrected chi connectivity index (χ3v) is 3.06. The molecule has 0 bridgehead atoms. The smallest absolute Gasteiger partial charge is 0.326 e. The van der Waals surface area contributed by atoms with Crippen molar-refractivity contribution in [1.82, 2.24) is 5.32 Å². The molecule has 114 valence electrons. The molecule has 2 N–H and O–H groups in total. The number of aliphatic carboxylic acids is 1. The van der Waals surface area contributed by atoms with Crippen LogP contribution in [0, 0.1) is 6.92 Å². The molecule has 2 aromatic rings. The van der Waals surface area contributed by atoms with Crippen LogP contribution in [0.15, 0.2) is 53.0 Å². The van der Waals surface area contributed by atoms with Crippen molar-refractivity contribution < 1.29 is 19.1 Å². The second-order valence-corrected chi connectivity index (χ2v) is 4.87. The van der Waals surface area contributed by atoms with E-state index < -0.39 is 17.9 Å². The van der Waals surface area contributed by atoms with Crippen molar-refractivity contribution >= 4 is 18.0 Å². The maximum Gasteiger partial charge on any atom is 0.326 e. The Morgan fingerprint density at radius 3 is 2.55 bits per heavy atom. The van der Waals surface area contributed by atoms with E-state index in [0.29, 0.717) is 5.76 Å². The molecule has 0 spiro atoms. The topological polar surface area (TPSA) is 79.5 Å². The molecule has 0 saturated heterocycles. The molecule has 5 nitrogen and oxygen atoms in total. The van der Waals surface area contributed by atoms with E-state index in [1.54, 1.807) is 19.1 Å². The third-order valence-electron chi connectivity index (χ3n) is 3.06. The average molecular weight is 299 g/mol. The van der Waals surface area contributed by atoms with Crippen LogP contribution >= 0.6 is 0 Å². The summed E-state index contributed by atoms with van der Waals surface area (Å²) in [5.41, 5.74) is 0.848. The molecule has 0 aliphatic rings. The van der Waals surface area contributed by atoms with Crippen molar-refractivity contribution in [1.29, 1.82) is 0 Å². The molecule has 5 heteroatoms. The molecular formula is C17H17NO4. The SMILES string of the molecule is Cc1ccc(C=CC(=O)N[C@H](Cc2ccccc2)C(=O)O)o1. The van der Waals surface area contributed by atoms with Crippen LogP contribution in [0.4, 0.5) is 0 Å². The van der Waals surface area contributed by atoms with E-state index in [1.807, 2.05) is 30.3 Å². The maximum atomic E-state index is 11.8. The van der Waals surface area contributed by atoms with Gasteiger partial charge in [-0.25, -0.2) is 4.79 Å². The first-order valence-corrected chi connectivity index (χ1v) is 6.86. The number of benzene rings is 1. The number of aryl methyl sites for hydroxylation is 1. The summed E-state index contributed by atoms with van der Waals surface area (Å²) in [5.74, 6) is -0.257. The number of carboxylic acids is 1. The lowest BCUT2D eigenvalue weighted by molar-refractivity contribution is -0.141. The Morgan fingerprint density at radius 2 is 1.95 bits per heavy atom. The highest BCUT2D eigenvalue weighted by molar-refractivity contribution is 5.94. The van der Waals surface area contributed by atoms with Crippen LogP contribution in [-0.4, -0.2) is 23.0 Å². The van der Waals surface area contributed by atoms with Gasteiger partial charge in [0.05, 0.1) is 0 Å². The van der Waals surface area contributed by atoms with Gasteiger partial charge in [0, 0.05) is 12.5 Å². The van der Waals surface area contributed by atoms with Gasteiger partial charge >= 0.3 is 5.97 Å². The molecule has 0 aliphatic heterocycles. The molecule has 1 aromatic heterocycles. The van der Waals surface area contributed by atoms with Crippen LogP contribution in [0.2, 0.25) is 0 Å². The van der Waals surface area contributed by atoms with E-state index in [4.69, 9.17) is 4.42 Å². The Labute approximate surface area is 128 Å². The number of carbonyl (C=O) groups is 2. The van der Waals surface area contributed by atoms with Gasteiger partial charge in [0.25, 0.3) is 0 Å². The van der Waals surface area contributed by atoms with Gasteiger partial charge in [-0.05, 0) is 30.7 Å². The standard InChI is InChI=1S/C17H17NO4/c1-12-7-8-14(22-12)9-10-16(19)18-15(17(20)21)11-13-5-3-2-4-6-13/h2-10,15H,11H2,1H3,(H,18,19)(H,20,21)/t15-/m1/s1. The summed E-state index contributed by atoms with van der Waals surface area (Å²) < 4.78 is 5.30. The minimum atomic E-state index is -1.07. The van der Waals surface area contributed by atoms with Crippen LogP contribution in [0.25, 0.3) is 6.08 Å². The Hall–Kier alpha value is -2.82. The van der Waals surface area contributed by atoms with E-state index in [-0.39, 0.29) is 6.42 Å². The van der Waals surface area contributed by atoms with Crippen molar-refractivity contribution in [3.63, 3.8) is 0 Å². The summed E-state index contributed by atoms with van der Waals surface area (Å²) in [4.78, 5) is 23.1. The highest BCUT2D eigenvalue weighted by atomic mass is 16.4.